The van der Waals surface area contributed by atoms with Gasteiger partial charge >= 0.3 is 12.1 Å². The monoisotopic (exact) mass is 555 g/mol. The van der Waals surface area contributed by atoms with E-state index in [1.54, 1.807) is 13.8 Å². The largest absolute Gasteiger partial charge is 0.465 e. The molecule has 0 bridgehead atoms. The van der Waals surface area contributed by atoms with Gasteiger partial charge in [0, 0.05) is 35.1 Å². The van der Waals surface area contributed by atoms with Crippen LogP contribution in [-0.2, 0) is 19.1 Å². The zero-order valence-electron chi connectivity index (χ0n) is 19.6. The number of amides is 2. The van der Waals surface area contributed by atoms with Gasteiger partial charge in [-0.15, -0.1) is 11.8 Å². The van der Waals surface area contributed by atoms with Crippen LogP contribution < -0.4 is 4.90 Å². The minimum absolute atomic E-state index is 0.0404. The number of halogens is 5. The molecule has 0 N–H and O–H groups in total. The van der Waals surface area contributed by atoms with Crippen molar-refractivity contribution in [3.05, 3.63) is 34.6 Å². The first kappa shape index (κ1) is 29.5. The van der Waals surface area contributed by atoms with E-state index in [2.05, 4.69) is 0 Å². The zero-order valence-corrected chi connectivity index (χ0v) is 22.0. The third kappa shape index (κ3) is 8.15. The number of alkyl halides is 3. The fourth-order valence-corrected chi connectivity index (χ4v) is 5.60. The quantitative estimate of drug-likeness (QED) is 0.163. The van der Waals surface area contributed by atoms with Crippen molar-refractivity contribution in [1.29, 1.82) is 0 Å². The summed E-state index contributed by atoms with van der Waals surface area (Å²) in [6.07, 6.45) is -3.57. The van der Waals surface area contributed by atoms with Gasteiger partial charge in [-0.05, 0) is 50.8 Å². The van der Waals surface area contributed by atoms with Crippen LogP contribution in [0.15, 0.2) is 28.7 Å². The van der Waals surface area contributed by atoms with Crippen LogP contribution in [0, 0.1) is 17.2 Å². The van der Waals surface area contributed by atoms with E-state index in [0.717, 1.165) is 48.7 Å². The van der Waals surface area contributed by atoms with E-state index in [9.17, 15) is 31.9 Å². The smallest absolute Gasteiger partial charge is 0.412 e. The number of carbonyl (C=O) groups excluding carboxylic acids is 3. The molecule has 12 heteroatoms. The highest BCUT2D eigenvalue weighted by Gasteiger charge is 2.34. The van der Waals surface area contributed by atoms with Crippen molar-refractivity contribution >= 4 is 58.6 Å². The first-order valence-corrected chi connectivity index (χ1v) is 13.1. The minimum Gasteiger partial charge on any atom is -0.465 e. The van der Waals surface area contributed by atoms with Crippen molar-refractivity contribution in [2.45, 2.75) is 45.2 Å². The maximum absolute atomic E-state index is 14.7. The van der Waals surface area contributed by atoms with Gasteiger partial charge in [0.2, 0.25) is 5.91 Å². The number of carbonyl (C=O) groups is 3. The number of allylic oxidation sites excluding steroid dienone is 1. The summed E-state index contributed by atoms with van der Waals surface area (Å²) in [5.74, 6) is -1.31. The van der Waals surface area contributed by atoms with Crippen molar-refractivity contribution in [1.82, 2.24) is 0 Å². The number of anilines is 1. The molecule has 0 spiro atoms. The Morgan fingerprint density at radius 1 is 1.26 bits per heavy atom. The Kier molecular flexibility index (Phi) is 10.1. The van der Waals surface area contributed by atoms with Gasteiger partial charge in [-0.2, -0.15) is 24.9 Å². The van der Waals surface area contributed by atoms with Gasteiger partial charge in [0.1, 0.15) is 5.82 Å². The van der Waals surface area contributed by atoms with Crippen molar-refractivity contribution in [2.75, 3.05) is 28.8 Å². The molecule has 1 aromatic rings. The molecule has 2 amide bonds. The van der Waals surface area contributed by atoms with E-state index in [0.29, 0.717) is 24.3 Å². The predicted molar refractivity (Wildman–Crippen MR) is 130 cm³/mol. The Morgan fingerprint density at radius 3 is 2.46 bits per heavy atom. The van der Waals surface area contributed by atoms with E-state index < -0.39 is 46.5 Å². The Hall–Kier alpha value is -1.72. The van der Waals surface area contributed by atoms with E-state index in [4.69, 9.17) is 16.3 Å². The predicted octanol–water partition coefficient (Wildman–Crippen LogP) is 6.28. The molecule has 0 saturated carbocycles. The van der Waals surface area contributed by atoms with E-state index in [1.807, 2.05) is 11.8 Å². The molecule has 1 aliphatic rings. The molecule has 1 atom stereocenters. The molecular weight excluding hydrogens is 530 g/mol. The van der Waals surface area contributed by atoms with Gasteiger partial charge in [-0.25, -0.2) is 9.29 Å². The Morgan fingerprint density at radius 2 is 1.91 bits per heavy atom. The van der Waals surface area contributed by atoms with Gasteiger partial charge in [-0.3, -0.25) is 14.4 Å². The highest BCUT2D eigenvalue weighted by Crippen LogP contribution is 2.37. The second-order valence-corrected chi connectivity index (χ2v) is 11.3. The van der Waals surface area contributed by atoms with E-state index in [-0.39, 0.29) is 21.7 Å². The van der Waals surface area contributed by atoms with Crippen LogP contribution in [0.5, 0.6) is 0 Å². The lowest BCUT2D eigenvalue weighted by Gasteiger charge is -2.24. The lowest BCUT2D eigenvalue weighted by Crippen LogP contribution is -2.35. The Bertz CT molecular complexity index is 1010. The van der Waals surface area contributed by atoms with Crippen molar-refractivity contribution in [2.24, 2.45) is 11.3 Å². The fourth-order valence-electron chi connectivity index (χ4n) is 3.00. The second-order valence-electron chi connectivity index (χ2n) is 8.75. The maximum atomic E-state index is 14.7. The van der Waals surface area contributed by atoms with Crippen molar-refractivity contribution < 1.29 is 36.7 Å². The molecule has 1 fully saturated rings. The molecule has 1 heterocycles. The van der Waals surface area contributed by atoms with Gasteiger partial charge in [0.05, 0.1) is 22.7 Å². The van der Waals surface area contributed by atoms with Crippen LogP contribution in [0.25, 0.3) is 0 Å². The third-order valence-corrected chi connectivity index (χ3v) is 8.35. The number of imide groups is 1. The molecule has 1 aromatic carbocycles. The number of benzene rings is 1. The lowest BCUT2D eigenvalue weighted by molar-refractivity contribution is -0.153. The summed E-state index contributed by atoms with van der Waals surface area (Å²) in [6.45, 7) is 5.29. The summed E-state index contributed by atoms with van der Waals surface area (Å²) >= 11 is 9.02. The number of rotatable bonds is 8. The molecule has 2 rings (SSSR count). The van der Waals surface area contributed by atoms with Gasteiger partial charge in [0.15, 0.2) is 0 Å². The lowest BCUT2D eigenvalue weighted by atomic mass is 9.97. The molecule has 0 radical (unpaired) electrons. The highest BCUT2D eigenvalue weighted by molar-refractivity contribution is 7.99. The molecule has 194 valence electrons. The summed E-state index contributed by atoms with van der Waals surface area (Å²) in [5.41, 5.74) is -2.72. The topological polar surface area (TPSA) is 63.7 Å². The van der Waals surface area contributed by atoms with Crippen LogP contribution in [-0.4, -0.2) is 47.8 Å². The number of hydrogen-bond donors (Lipinski definition) is 0. The molecule has 0 aromatic heterocycles. The van der Waals surface area contributed by atoms with E-state index in [1.165, 1.54) is 0 Å². The number of esters is 1. The molecule has 0 aliphatic carbocycles. The summed E-state index contributed by atoms with van der Waals surface area (Å²) in [5, 5.41) is -0.0404. The van der Waals surface area contributed by atoms with Crippen molar-refractivity contribution in [3.63, 3.8) is 0 Å². The van der Waals surface area contributed by atoms with Crippen LogP contribution in [0.4, 0.5) is 23.2 Å². The van der Waals surface area contributed by atoms with Gasteiger partial charge in [0.25, 0.3) is 5.91 Å². The molecule has 35 heavy (non-hydrogen) atoms. The maximum Gasteiger partial charge on any atom is 0.412 e. The van der Waals surface area contributed by atoms with Gasteiger partial charge in [-0.1, -0.05) is 11.6 Å². The summed E-state index contributed by atoms with van der Waals surface area (Å²) < 4.78 is 58.6. The third-order valence-electron chi connectivity index (χ3n) is 5.18. The first-order chi connectivity index (χ1) is 16.1. The van der Waals surface area contributed by atoms with Crippen LogP contribution >= 0.6 is 35.1 Å². The number of nitrogens with zero attached hydrogens (tertiary/aromatic N) is 1. The fraction of sp³-hybridized carbons (Fsp3) is 0.522. The van der Waals surface area contributed by atoms with Crippen LogP contribution in [0.2, 0.25) is 5.02 Å². The highest BCUT2D eigenvalue weighted by atomic mass is 35.5. The number of thioether (sulfide) groups is 2. The molecule has 1 saturated heterocycles. The number of hydrogen-bond acceptors (Lipinski definition) is 6. The molecular formula is C23H26ClF4NO4S2. The summed E-state index contributed by atoms with van der Waals surface area (Å²) in [7, 11) is 0. The normalized spacial score (nSPS) is 16.8. The Balaban J connectivity index is 2.22. The average molecular weight is 556 g/mol. The second kappa shape index (κ2) is 12.0. The first-order valence-electron chi connectivity index (χ1n) is 10.6. The zero-order chi connectivity index (χ0) is 26.6. The standard InChI is InChI=1S/C23H26ClF4NO4S2/c1-13(23(26,27)28)7-20(31)29(14(2)30)18-9-19(16(24)8-17(18)25)35-12-22(3,4)21(32)33-10-15-5-6-34-11-15/h7-9,15H,5-6,10-12H2,1-4H3/b13-7+. The minimum atomic E-state index is -4.78. The summed E-state index contributed by atoms with van der Waals surface area (Å²) in [6, 6.07) is 1.97. The van der Waals surface area contributed by atoms with Crippen LogP contribution in [0.1, 0.15) is 34.1 Å². The number of ether oxygens (including phenoxy) is 1. The SMILES string of the molecule is CC(=O)N(C(=O)/C=C(\C)C(F)(F)F)c1cc(SCC(C)(C)C(=O)OCC2CCSC2)c(Cl)cc1F. The molecule has 1 aliphatic heterocycles. The average Bonchev–Trinajstić information content (AvgIpc) is 3.25. The summed E-state index contributed by atoms with van der Waals surface area (Å²) in [4.78, 5) is 37.7. The van der Waals surface area contributed by atoms with E-state index >= 15 is 0 Å². The molecule has 1 unspecified atom stereocenters. The van der Waals surface area contributed by atoms with Crippen LogP contribution in [0.3, 0.4) is 0 Å². The van der Waals surface area contributed by atoms with Gasteiger partial charge < -0.3 is 4.74 Å². The molecule has 5 nitrogen and oxygen atoms in total. The Labute approximate surface area is 215 Å². The van der Waals surface area contributed by atoms with Crippen molar-refractivity contribution in [3.8, 4) is 0 Å².